The highest BCUT2D eigenvalue weighted by Crippen LogP contribution is 2.25. The van der Waals surface area contributed by atoms with Crippen LogP contribution in [-0.2, 0) is 11.3 Å². The fourth-order valence-electron chi connectivity index (χ4n) is 3.84. The highest BCUT2D eigenvalue weighted by molar-refractivity contribution is 5.81. The third-order valence-corrected chi connectivity index (χ3v) is 5.36. The zero-order valence-corrected chi connectivity index (χ0v) is 15.3. The van der Waals surface area contributed by atoms with Crippen molar-refractivity contribution in [3.63, 3.8) is 0 Å². The Labute approximate surface area is 149 Å². The summed E-state index contributed by atoms with van der Waals surface area (Å²) in [4.78, 5) is 8.46. The summed E-state index contributed by atoms with van der Waals surface area (Å²) in [5.41, 5.74) is 2.45. The first-order chi connectivity index (χ1) is 12.2. The Balaban J connectivity index is 1.41. The lowest BCUT2D eigenvalue weighted by Gasteiger charge is -2.25. The van der Waals surface area contributed by atoms with Gasteiger partial charge in [-0.15, -0.1) is 0 Å². The lowest BCUT2D eigenvalue weighted by Crippen LogP contribution is -2.35. The first-order valence-corrected chi connectivity index (χ1v) is 9.50. The lowest BCUT2D eigenvalue weighted by atomic mass is 10.2. The van der Waals surface area contributed by atoms with Crippen LogP contribution in [0.3, 0.4) is 0 Å². The molecule has 0 spiro atoms. The largest absolute Gasteiger partial charge is 0.489 e. The van der Waals surface area contributed by atoms with Crippen molar-refractivity contribution in [2.45, 2.75) is 39.0 Å². The van der Waals surface area contributed by atoms with Gasteiger partial charge in [-0.2, -0.15) is 0 Å². The van der Waals surface area contributed by atoms with Gasteiger partial charge in [-0.25, -0.2) is 0 Å². The summed E-state index contributed by atoms with van der Waals surface area (Å²) in [6.45, 7) is 11.3. The van der Waals surface area contributed by atoms with E-state index in [9.17, 15) is 0 Å². The van der Waals surface area contributed by atoms with Crippen LogP contribution in [0, 0.1) is 0 Å². The minimum Gasteiger partial charge on any atom is -0.489 e. The van der Waals surface area contributed by atoms with E-state index in [0.29, 0.717) is 12.1 Å². The van der Waals surface area contributed by atoms with E-state index in [-0.39, 0.29) is 0 Å². The van der Waals surface area contributed by atoms with Crippen molar-refractivity contribution in [2.75, 3.05) is 39.4 Å². The Hall–Kier alpha value is -1.56. The average molecular weight is 343 g/mol. The molecule has 1 aromatic heterocycles. The van der Waals surface area contributed by atoms with E-state index in [4.69, 9.17) is 9.47 Å². The van der Waals surface area contributed by atoms with Gasteiger partial charge in [0.25, 0.3) is 0 Å². The second-order valence-electron chi connectivity index (χ2n) is 7.55. The van der Waals surface area contributed by atoms with Gasteiger partial charge in [0.15, 0.2) is 0 Å². The van der Waals surface area contributed by atoms with Crippen molar-refractivity contribution in [3.8, 4) is 5.75 Å². The highest BCUT2D eigenvalue weighted by atomic mass is 16.5. The monoisotopic (exact) mass is 343 g/mol. The van der Waals surface area contributed by atoms with Gasteiger partial charge in [-0.3, -0.25) is 9.80 Å². The second kappa shape index (κ2) is 7.36. The number of morpholine rings is 1. The van der Waals surface area contributed by atoms with E-state index < -0.39 is 0 Å². The molecule has 5 heteroatoms. The van der Waals surface area contributed by atoms with Crippen LogP contribution in [0.1, 0.15) is 26.0 Å². The van der Waals surface area contributed by atoms with Crippen molar-refractivity contribution in [1.29, 1.82) is 0 Å². The molecule has 0 amide bonds. The fraction of sp³-hybridized carbons (Fsp3) is 0.600. The number of H-pyrrole nitrogens is 1. The predicted octanol–water partition coefficient (Wildman–Crippen LogP) is 2.86. The molecule has 2 aromatic rings. The topological polar surface area (TPSA) is 40.7 Å². The normalized spacial score (nSPS) is 22.9. The predicted molar refractivity (Wildman–Crippen MR) is 100 cm³/mol. The van der Waals surface area contributed by atoms with E-state index in [1.807, 2.05) is 0 Å². The Bertz CT molecular complexity index is 706. The molecule has 2 aliphatic heterocycles. The van der Waals surface area contributed by atoms with Gasteiger partial charge in [-0.05, 0) is 44.5 Å². The molecule has 0 aliphatic carbocycles. The standard InChI is InChI=1S/C20H29N3O2/c1-15(2)23-6-5-19(14-23)25-18-3-4-20-16(12-18)11-17(21-20)13-22-7-9-24-10-8-22/h3-4,11-12,15,19,21H,5-10,13-14H2,1-2H3. The molecule has 2 saturated heterocycles. The number of likely N-dealkylation sites (tertiary alicyclic amines) is 1. The smallest absolute Gasteiger partial charge is 0.120 e. The average Bonchev–Trinajstić information content (AvgIpc) is 3.22. The molecule has 5 nitrogen and oxygen atoms in total. The Morgan fingerprint density at radius 2 is 2.04 bits per heavy atom. The Morgan fingerprint density at radius 1 is 1.20 bits per heavy atom. The summed E-state index contributed by atoms with van der Waals surface area (Å²) in [5.74, 6) is 0.986. The van der Waals surface area contributed by atoms with Crippen molar-refractivity contribution in [2.24, 2.45) is 0 Å². The Kier molecular flexibility index (Phi) is 4.97. The number of hydrogen-bond acceptors (Lipinski definition) is 4. The van der Waals surface area contributed by atoms with Crippen molar-refractivity contribution >= 4 is 10.9 Å². The highest BCUT2D eigenvalue weighted by Gasteiger charge is 2.25. The van der Waals surface area contributed by atoms with Crippen molar-refractivity contribution in [1.82, 2.24) is 14.8 Å². The molecule has 25 heavy (non-hydrogen) atoms. The van der Waals surface area contributed by atoms with Gasteiger partial charge >= 0.3 is 0 Å². The molecule has 1 aromatic carbocycles. The van der Waals surface area contributed by atoms with Crippen LogP contribution in [0.5, 0.6) is 5.75 Å². The number of nitrogens with one attached hydrogen (secondary N) is 1. The summed E-state index contributed by atoms with van der Waals surface area (Å²) in [7, 11) is 0. The number of aromatic amines is 1. The summed E-state index contributed by atoms with van der Waals surface area (Å²) in [6, 6.07) is 9.26. The molecule has 0 bridgehead atoms. The van der Waals surface area contributed by atoms with Gasteiger partial charge in [0.1, 0.15) is 11.9 Å². The van der Waals surface area contributed by atoms with Crippen LogP contribution in [0.25, 0.3) is 10.9 Å². The van der Waals surface area contributed by atoms with Gasteiger partial charge < -0.3 is 14.5 Å². The number of benzene rings is 1. The van der Waals surface area contributed by atoms with Crippen LogP contribution in [0.2, 0.25) is 0 Å². The molecule has 1 unspecified atom stereocenters. The zero-order chi connectivity index (χ0) is 17.2. The van der Waals surface area contributed by atoms with Crippen LogP contribution >= 0.6 is 0 Å². The number of hydrogen-bond donors (Lipinski definition) is 1. The summed E-state index contributed by atoms with van der Waals surface area (Å²) < 4.78 is 11.7. The molecule has 1 atom stereocenters. The molecule has 136 valence electrons. The van der Waals surface area contributed by atoms with Crippen LogP contribution in [0.4, 0.5) is 0 Å². The summed E-state index contributed by atoms with van der Waals surface area (Å²) in [5, 5.41) is 1.24. The van der Waals surface area contributed by atoms with Crippen LogP contribution in [0.15, 0.2) is 24.3 Å². The number of nitrogens with zero attached hydrogens (tertiary/aromatic N) is 2. The number of aromatic nitrogens is 1. The van der Waals surface area contributed by atoms with Gasteiger partial charge in [0.2, 0.25) is 0 Å². The summed E-state index contributed by atoms with van der Waals surface area (Å²) >= 11 is 0. The molecule has 3 heterocycles. The number of ether oxygens (including phenoxy) is 2. The molecule has 0 saturated carbocycles. The first-order valence-electron chi connectivity index (χ1n) is 9.50. The maximum atomic E-state index is 6.24. The molecule has 4 rings (SSSR count). The number of rotatable bonds is 5. The number of fused-ring (bicyclic) bond motifs is 1. The van der Waals surface area contributed by atoms with E-state index in [0.717, 1.165) is 58.1 Å². The van der Waals surface area contributed by atoms with Gasteiger partial charge in [0, 0.05) is 55.4 Å². The Morgan fingerprint density at radius 3 is 2.80 bits per heavy atom. The molecule has 0 radical (unpaired) electrons. The zero-order valence-electron chi connectivity index (χ0n) is 15.3. The maximum Gasteiger partial charge on any atom is 0.120 e. The van der Waals surface area contributed by atoms with Crippen LogP contribution in [-0.4, -0.2) is 66.3 Å². The van der Waals surface area contributed by atoms with Crippen LogP contribution < -0.4 is 4.74 Å². The minimum atomic E-state index is 0.312. The fourth-order valence-corrected chi connectivity index (χ4v) is 3.84. The van der Waals surface area contributed by atoms with Crippen molar-refractivity contribution in [3.05, 3.63) is 30.0 Å². The third-order valence-electron chi connectivity index (χ3n) is 5.36. The minimum absolute atomic E-state index is 0.312. The summed E-state index contributed by atoms with van der Waals surface area (Å²) in [6.07, 6.45) is 1.43. The molecular formula is C20H29N3O2. The van der Waals surface area contributed by atoms with E-state index in [1.54, 1.807) is 0 Å². The second-order valence-corrected chi connectivity index (χ2v) is 7.55. The molecule has 1 N–H and O–H groups in total. The quantitative estimate of drug-likeness (QED) is 0.906. The van der Waals surface area contributed by atoms with Gasteiger partial charge in [0.05, 0.1) is 13.2 Å². The first kappa shape index (κ1) is 16.9. The molecule has 2 aliphatic rings. The SMILES string of the molecule is CC(C)N1CCC(Oc2ccc3[nH]c(CN4CCOCC4)cc3c2)C1. The van der Waals surface area contributed by atoms with Crippen molar-refractivity contribution < 1.29 is 9.47 Å². The third kappa shape index (κ3) is 4.00. The maximum absolute atomic E-state index is 6.24. The van der Waals surface area contributed by atoms with E-state index >= 15 is 0 Å². The molecule has 2 fully saturated rings. The lowest BCUT2D eigenvalue weighted by molar-refractivity contribution is 0.0337. The molecular weight excluding hydrogens is 314 g/mol. The van der Waals surface area contributed by atoms with Gasteiger partial charge in [-0.1, -0.05) is 0 Å². The van der Waals surface area contributed by atoms with E-state index in [2.05, 4.69) is 52.9 Å². The van der Waals surface area contributed by atoms with E-state index in [1.165, 1.54) is 16.6 Å².